The lowest BCUT2D eigenvalue weighted by Crippen LogP contribution is -2.44. The molecule has 0 aliphatic carbocycles. The maximum absolute atomic E-state index is 12.4. The molecule has 1 saturated heterocycles. The Morgan fingerprint density at radius 1 is 1.29 bits per heavy atom. The van der Waals surface area contributed by atoms with Crippen LogP contribution in [-0.2, 0) is 14.8 Å². The molecule has 3 N–H and O–H groups in total. The zero-order chi connectivity index (χ0) is 17.6. The molecule has 1 aliphatic rings. The van der Waals surface area contributed by atoms with Crippen LogP contribution in [0.5, 0.6) is 0 Å². The first-order valence-corrected chi connectivity index (χ1v) is 9.68. The van der Waals surface area contributed by atoms with Gasteiger partial charge in [-0.15, -0.1) is 0 Å². The van der Waals surface area contributed by atoms with E-state index >= 15 is 0 Å². The minimum Gasteiger partial charge on any atom is -0.326 e. The van der Waals surface area contributed by atoms with Gasteiger partial charge in [-0.3, -0.25) is 4.79 Å². The fourth-order valence-electron chi connectivity index (χ4n) is 2.62. The third kappa shape index (κ3) is 5.55. The molecule has 0 aromatic heterocycles. The summed E-state index contributed by atoms with van der Waals surface area (Å²) in [5.74, 6) is -0.225. The number of hydrogen-bond acceptors (Lipinski definition) is 5. The SMILES string of the molecule is CC(=O)Nc1cc(S(=O)(=O)NCCCN2CCNCC2)ccc1C. The summed E-state index contributed by atoms with van der Waals surface area (Å²) in [4.78, 5) is 13.7. The van der Waals surface area contributed by atoms with Crippen LogP contribution in [0.3, 0.4) is 0 Å². The molecule has 0 saturated carbocycles. The van der Waals surface area contributed by atoms with Gasteiger partial charge in [0.1, 0.15) is 0 Å². The van der Waals surface area contributed by atoms with Crippen molar-refractivity contribution in [2.75, 3.05) is 44.6 Å². The number of sulfonamides is 1. The number of hydrogen-bond donors (Lipinski definition) is 3. The molecule has 1 fully saturated rings. The number of amides is 1. The Balaban J connectivity index is 1.90. The third-order valence-corrected chi connectivity index (χ3v) is 5.44. The molecular formula is C16H26N4O3S. The van der Waals surface area contributed by atoms with E-state index < -0.39 is 10.0 Å². The number of anilines is 1. The fraction of sp³-hybridized carbons (Fsp3) is 0.562. The molecule has 0 bridgehead atoms. The molecule has 0 unspecified atom stereocenters. The van der Waals surface area contributed by atoms with Gasteiger partial charge in [-0.25, -0.2) is 13.1 Å². The first-order chi connectivity index (χ1) is 11.4. The molecule has 2 rings (SSSR count). The standard InChI is InChI=1S/C16H26N4O3S/c1-13-4-5-15(12-16(13)19-14(2)21)24(22,23)18-6-3-9-20-10-7-17-8-11-20/h4-5,12,17-18H,3,6-11H2,1-2H3,(H,19,21). The molecule has 0 radical (unpaired) electrons. The molecular weight excluding hydrogens is 328 g/mol. The number of aryl methyl sites for hydroxylation is 1. The Morgan fingerprint density at radius 2 is 2.00 bits per heavy atom. The monoisotopic (exact) mass is 354 g/mol. The van der Waals surface area contributed by atoms with E-state index in [9.17, 15) is 13.2 Å². The van der Waals surface area contributed by atoms with Gasteiger partial charge in [0.05, 0.1) is 4.90 Å². The Labute approximate surface area is 143 Å². The molecule has 7 nitrogen and oxygen atoms in total. The summed E-state index contributed by atoms with van der Waals surface area (Å²) in [6.45, 7) is 8.49. The van der Waals surface area contributed by atoms with E-state index in [-0.39, 0.29) is 10.8 Å². The molecule has 1 aromatic carbocycles. The van der Waals surface area contributed by atoms with E-state index in [0.717, 1.165) is 44.7 Å². The van der Waals surface area contributed by atoms with Crippen molar-refractivity contribution in [1.29, 1.82) is 0 Å². The lowest BCUT2D eigenvalue weighted by molar-refractivity contribution is -0.114. The number of rotatable bonds is 7. The number of benzene rings is 1. The van der Waals surface area contributed by atoms with Crippen molar-refractivity contribution in [1.82, 2.24) is 14.9 Å². The van der Waals surface area contributed by atoms with Crippen LogP contribution >= 0.6 is 0 Å². The predicted molar refractivity (Wildman–Crippen MR) is 94.6 cm³/mol. The second-order valence-corrected chi connectivity index (χ2v) is 7.77. The van der Waals surface area contributed by atoms with E-state index in [0.29, 0.717) is 12.2 Å². The van der Waals surface area contributed by atoms with Gasteiger partial charge in [0.15, 0.2) is 0 Å². The number of carbonyl (C=O) groups is 1. The highest BCUT2D eigenvalue weighted by molar-refractivity contribution is 7.89. The number of nitrogens with zero attached hydrogens (tertiary/aromatic N) is 1. The maximum atomic E-state index is 12.4. The summed E-state index contributed by atoms with van der Waals surface area (Å²) in [6.07, 6.45) is 0.768. The normalized spacial score (nSPS) is 16.1. The molecule has 1 aromatic rings. The van der Waals surface area contributed by atoms with Gasteiger partial charge >= 0.3 is 0 Å². The van der Waals surface area contributed by atoms with Crippen LogP contribution in [-0.4, -0.2) is 58.5 Å². The first kappa shape index (κ1) is 18.9. The van der Waals surface area contributed by atoms with Crippen molar-refractivity contribution < 1.29 is 13.2 Å². The minimum atomic E-state index is -3.57. The third-order valence-electron chi connectivity index (χ3n) is 3.98. The summed E-state index contributed by atoms with van der Waals surface area (Å²) in [6, 6.07) is 4.75. The van der Waals surface area contributed by atoms with Crippen LogP contribution in [0, 0.1) is 6.92 Å². The Morgan fingerprint density at radius 3 is 2.67 bits per heavy atom. The summed E-state index contributed by atoms with van der Waals surface area (Å²) in [7, 11) is -3.57. The zero-order valence-corrected chi connectivity index (χ0v) is 15.1. The predicted octanol–water partition coefficient (Wildman–Crippen LogP) is 0.527. The van der Waals surface area contributed by atoms with Crippen molar-refractivity contribution in [2.24, 2.45) is 0 Å². The van der Waals surface area contributed by atoms with Crippen molar-refractivity contribution >= 4 is 21.6 Å². The van der Waals surface area contributed by atoms with Gasteiger partial charge < -0.3 is 15.5 Å². The largest absolute Gasteiger partial charge is 0.326 e. The van der Waals surface area contributed by atoms with Crippen molar-refractivity contribution in [2.45, 2.75) is 25.2 Å². The Hall–Kier alpha value is -1.48. The molecule has 0 atom stereocenters. The summed E-state index contributed by atoms with van der Waals surface area (Å²) in [5.41, 5.74) is 1.34. The Bertz CT molecular complexity index is 670. The van der Waals surface area contributed by atoms with Crippen molar-refractivity contribution in [3.05, 3.63) is 23.8 Å². The first-order valence-electron chi connectivity index (χ1n) is 8.19. The van der Waals surface area contributed by atoms with Gasteiger partial charge in [0.25, 0.3) is 0 Å². The second-order valence-electron chi connectivity index (χ2n) is 6.00. The van der Waals surface area contributed by atoms with Crippen molar-refractivity contribution in [3.63, 3.8) is 0 Å². The van der Waals surface area contributed by atoms with E-state index in [2.05, 4.69) is 20.3 Å². The van der Waals surface area contributed by atoms with E-state index in [4.69, 9.17) is 0 Å². The van der Waals surface area contributed by atoms with Crippen molar-refractivity contribution in [3.8, 4) is 0 Å². The molecule has 1 amide bonds. The lowest BCUT2D eigenvalue weighted by atomic mass is 10.2. The molecule has 1 aliphatic heterocycles. The molecule has 1 heterocycles. The highest BCUT2D eigenvalue weighted by Gasteiger charge is 2.16. The summed E-state index contributed by atoms with van der Waals surface area (Å²) in [5, 5.41) is 5.94. The Kier molecular flexibility index (Phi) is 6.73. The second kappa shape index (κ2) is 8.57. The molecule has 134 valence electrons. The highest BCUT2D eigenvalue weighted by Crippen LogP contribution is 2.20. The van der Waals surface area contributed by atoms with Gasteiger partial charge in [0, 0.05) is 45.3 Å². The average Bonchev–Trinajstić information content (AvgIpc) is 2.54. The van der Waals surface area contributed by atoms with Gasteiger partial charge in [-0.05, 0) is 37.6 Å². The molecule has 8 heteroatoms. The summed E-state index contributed by atoms with van der Waals surface area (Å²) >= 11 is 0. The zero-order valence-electron chi connectivity index (χ0n) is 14.3. The maximum Gasteiger partial charge on any atom is 0.240 e. The number of carbonyl (C=O) groups excluding carboxylic acids is 1. The van der Waals surface area contributed by atoms with Crippen LogP contribution in [0.15, 0.2) is 23.1 Å². The van der Waals surface area contributed by atoms with Crippen LogP contribution in [0.1, 0.15) is 18.9 Å². The molecule has 24 heavy (non-hydrogen) atoms. The molecule has 0 spiro atoms. The lowest BCUT2D eigenvalue weighted by Gasteiger charge is -2.27. The van der Waals surface area contributed by atoms with E-state index in [1.54, 1.807) is 12.1 Å². The number of piperazine rings is 1. The topological polar surface area (TPSA) is 90.5 Å². The van der Waals surface area contributed by atoms with E-state index in [1.165, 1.54) is 13.0 Å². The van der Waals surface area contributed by atoms with Crippen LogP contribution in [0.2, 0.25) is 0 Å². The van der Waals surface area contributed by atoms with E-state index in [1.807, 2.05) is 6.92 Å². The summed E-state index contributed by atoms with van der Waals surface area (Å²) < 4.78 is 27.4. The smallest absolute Gasteiger partial charge is 0.240 e. The average molecular weight is 354 g/mol. The fourth-order valence-corrected chi connectivity index (χ4v) is 3.72. The van der Waals surface area contributed by atoms with Gasteiger partial charge in [-0.1, -0.05) is 6.07 Å². The van der Waals surface area contributed by atoms with Crippen LogP contribution in [0.25, 0.3) is 0 Å². The highest BCUT2D eigenvalue weighted by atomic mass is 32.2. The minimum absolute atomic E-state index is 0.166. The van der Waals surface area contributed by atoms with Gasteiger partial charge in [-0.2, -0.15) is 0 Å². The van der Waals surface area contributed by atoms with Gasteiger partial charge in [0.2, 0.25) is 15.9 Å². The van der Waals surface area contributed by atoms with Crippen LogP contribution in [0.4, 0.5) is 5.69 Å². The van der Waals surface area contributed by atoms with Crippen LogP contribution < -0.4 is 15.4 Å². The number of nitrogens with one attached hydrogen (secondary N) is 3. The quantitative estimate of drug-likeness (QED) is 0.621.